The van der Waals surface area contributed by atoms with E-state index < -0.39 is 0 Å². The lowest BCUT2D eigenvalue weighted by Crippen LogP contribution is -2.28. The molecule has 0 spiro atoms. The average Bonchev–Trinajstić information content (AvgIpc) is 2.37. The van der Waals surface area contributed by atoms with E-state index in [0.29, 0.717) is 6.10 Å². The van der Waals surface area contributed by atoms with Gasteiger partial charge in [-0.05, 0) is 26.3 Å². The Morgan fingerprint density at radius 3 is 2.39 bits per heavy atom. The highest BCUT2D eigenvalue weighted by atomic mass is 16.5. The molecule has 0 heterocycles. The number of methoxy groups -OCH3 is 1. The Balaban J connectivity index is 3.09. The molecule has 3 heteroatoms. The first-order valence-corrected chi connectivity index (χ1v) is 7.62. The zero-order valence-electron chi connectivity index (χ0n) is 12.7. The van der Waals surface area contributed by atoms with E-state index in [2.05, 4.69) is 19.2 Å². The molecule has 0 rings (SSSR count). The Bertz CT molecular complexity index is 153. The van der Waals surface area contributed by atoms with Gasteiger partial charge in [0.25, 0.3) is 0 Å². The molecule has 1 unspecified atom stereocenters. The highest BCUT2D eigenvalue weighted by Crippen LogP contribution is 2.05. The van der Waals surface area contributed by atoms with Gasteiger partial charge in [-0.3, -0.25) is 0 Å². The number of nitrogens with one attached hydrogen (secondary N) is 1. The lowest BCUT2D eigenvalue weighted by atomic mass is 10.1. The fourth-order valence-electron chi connectivity index (χ4n) is 1.87. The largest absolute Gasteiger partial charge is 0.385 e. The minimum absolute atomic E-state index is 0.322. The van der Waals surface area contributed by atoms with Crippen LogP contribution in [0.25, 0.3) is 0 Å². The molecular weight excluding hydrogens is 226 g/mol. The van der Waals surface area contributed by atoms with Crippen LogP contribution < -0.4 is 5.32 Å². The number of hydrogen-bond donors (Lipinski definition) is 1. The number of hydrogen-bond acceptors (Lipinski definition) is 3. The summed E-state index contributed by atoms with van der Waals surface area (Å²) in [5, 5.41) is 3.38. The Morgan fingerprint density at radius 1 is 0.944 bits per heavy atom. The molecule has 1 atom stereocenters. The van der Waals surface area contributed by atoms with Gasteiger partial charge in [0.2, 0.25) is 0 Å². The molecule has 0 bridgehead atoms. The van der Waals surface area contributed by atoms with Crippen molar-refractivity contribution in [1.29, 1.82) is 0 Å². The van der Waals surface area contributed by atoms with Gasteiger partial charge in [0.1, 0.15) is 0 Å². The van der Waals surface area contributed by atoms with Gasteiger partial charge in [-0.15, -0.1) is 0 Å². The second-order valence-electron chi connectivity index (χ2n) is 5.00. The van der Waals surface area contributed by atoms with Crippen LogP contribution in [0.3, 0.4) is 0 Å². The van der Waals surface area contributed by atoms with Gasteiger partial charge in [0, 0.05) is 26.9 Å². The summed E-state index contributed by atoms with van der Waals surface area (Å²) in [6, 6.07) is 0. The summed E-state index contributed by atoms with van der Waals surface area (Å²) in [5.74, 6) is 0. The van der Waals surface area contributed by atoms with E-state index in [1.165, 1.54) is 38.5 Å². The Kier molecular flexibility index (Phi) is 14.8. The molecule has 0 aliphatic rings. The van der Waals surface area contributed by atoms with Crippen LogP contribution in [-0.4, -0.2) is 39.5 Å². The normalized spacial score (nSPS) is 12.8. The first-order chi connectivity index (χ1) is 8.81. The standard InChI is InChI=1S/C15H33NO2/c1-4-5-6-7-8-9-13-18-15(2)14-16-11-10-12-17-3/h15-16H,4-14H2,1-3H3. The fourth-order valence-corrected chi connectivity index (χ4v) is 1.87. The lowest BCUT2D eigenvalue weighted by Gasteiger charge is -2.13. The predicted octanol–water partition coefficient (Wildman–Crippen LogP) is 3.38. The molecule has 0 aromatic rings. The second-order valence-corrected chi connectivity index (χ2v) is 5.00. The van der Waals surface area contributed by atoms with Crippen molar-refractivity contribution in [2.45, 2.75) is 64.9 Å². The molecule has 1 N–H and O–H groups in total. The molecule has 0 radical (unpaired) electrons. The molecule has 0 aliphatic heterocycles. The van der Waals surface area contributed by atoms with Crippen molar-refractivity contribution in [3.8, 4) is 0 Å². The van der Waals surface area contributed by atoms with Crippen LogP contribution in [0, 0.1) is 0 Å². The topological polar surface area (TPSA) is 30.5 Å². The monoisotopic (exact) mass is 259 g/mol. The van der Waals surface area contributed by atoms with Crippen LogP contribution in [0.2, 0.25) is 0 Å². The quantitative estimate of drug-likeness (QED) is 0.485. The summed E-state index contributed by atoms with van der Waals surface area (Å²) in [6.07, 6.45) is 9.36. The molecule has 0 aromatic heterocycles. The maximum Gasteiger partial charge on any atom is 0.0671 e. The van der Waals surface area contributed by atoms with Gasteiger partial charge >= 0.3 is 0 Å². The van der Waals surface area contributed by atoms with Gasteiger partial charge in [-0.2, -0.15) is 0 Å². The summed E-state index contributed by atoms with van der Waals surface area (Å²) in [7, 11) is 1.74. The van der Waals surface area contributed by atoms with E-state index in [9.17, 15) is 0 Å². The summed E-state index contributed by atoms with van der Waals surface area (Å²) in [5.41, 5.74) is 0. The highest BCUT2D eigenvalue weighted by molar-refractivity contribution is 4.55. The molecule has 18 heavy (non-hydrogen) atoms. The minimum Gasteiger partial charge on any atom is -0.385 e. The van der Waals surface area contributed by atoms with Crippen molar-refractivity contribution in [2.24, 2.45) is 0 Å². The third kappa shape index (κ3) is 13.9. The molecule has 0 fully saturated rings. The zero-order chi connectivity index (χ0) is 13.5. The molecule has 3 nitrogen and oxygen atoms in total. The third-order valence-corrected chi connectivity index (χ3v) is 3.03. The van der Waals surface area contributed by atoms with Crippen LogP contribution in [0.5, 0.6) is 0 Å². The molecule has 0 saturated carbocycles. The van der Waals surface area contributed by atoms with Crippen molar-refractivity contribution in [3.63, 3.8) is 0 Å². The highest BCUT2D eigenvalue weighted by Gasteiger charge is 2.00. The molecule has 0 saturated heterocycles. The summed E-state index contributed by atoms with van der Waals surface area (Å²) in [6.45, 7) is 8.09. The minimum atomic E-state index is 0.322. The summed E-state index contributed by atoms with van der Waals surface area (Å²) >= 11 is 0. The number of ether oxygens (including phenoxy) is 2. The second kappa shape index (κ2) is 14.9. The molecule has 0 aliphatic carbocycles. The number of unbranched alkanes of at least 4 members (excludes halogenated alkanes) is 5. The summed E-state index contributed by atoms with van der Waals surface area (Å²) < 4.78 is 10.8. The van der Waals surface area contributed by atoms with E-state index >= 15 is 0 Å². The fraction of sp³-hybridized carbons (Fsp3) is 1.00. The van der Waals surface area contributed by atoms with Crippen LogP contribution in [0.4, 0.5) is 0 Å². The van der Waals surface area contributed by atoms with Crippen LogP contribution in [0.1, 0.15) is 58.8 Å². The maximum atomic E-state index is 5.76. The van der Waals surface area contributed by atoms with E-state index in [1.807, 2.05) is 0 Å². The van der Waals surface area contributed by atoms with Gasteiger partial charge < -0.3 is 14.8 Å². The van der Waals surface area contributed by atoms with Crippen LogP contribution in [0.15, 0.2) is 0 Å². The maximum absolute atomic E-state index is 5.76. The first-order valence-electron chi connectivity index (χ1n) is 7.62. The molecular formula is C15H33NO2. The Hall–Kier alpha value is -0.120. The number of rotatable bonds is 14. The van der Waals surface area contributed by atoms with Gasteiger partial charge in [0.15, 0.2) is 0 Å². The third-order valence-electron chi connectivity index (χ3n) is 3.03. The molecule has 0 amide bonds. The molecule has 110 valence electrons. The van der Waals surface area contributed by atoms with Gasteiger partial charge in [-0.25, -0.2) is 0 Å². The first kappa shape index (κ1) is 17.9. The van der Waals surface area contributed by atoms with Crippen LogP contribution in [-0.2, 0) is 9.47 Å². The van der Waals surface area contributed by atoms with E-state index in [-0.39, 0.29) is 0 Å². The zero-order valence-corrected chi connectivity index (χ0v) is 12.7. The summed E-state index contributed by atoms with van der Waals surface area (Å²) in [4.78, 5) is 0. The van der Waals surface area contributed by atoms with Crippen molar-refractivity contribution < 1.29 is 9.47 Å². The van der Waals surface area contributed by atoms with Crippen molar-refractivity contribution in [2.75, 3.05) is 33.4 Å². The van der Waals surface area contributed by atoms with Crippen LogP contribution >= 0.6 is 0 Å². The van der Waals surface area contributed by atoms with E-state index in [0.717, 1.165) is 32.7 Å². The Morgan fingerprint density at radius 2 is 1.67 bits per heavy atom. The van der Waals surface area contributed by atoms with E-state index in [4.69, 9.17) is 9.47 Å². The van der Waals surface area contributed by atoms with E-state index in [1.54, 1.807) is 7.11 Å². The SMILES string of the molecule is CCCCCCCCOC(C)CNCCCOC. The predicted molar refractivity (Wildman–Crippen MR) is 78.2 cm³/mol. The van der Waals surface area contributed by atoms with Crippen molar-refractivity contribution in [1.82, 2.24) is 5.32 Å². The molecule has 0 aromatic carbocycles. The Labute approximate surface area is 114 Å². The smallest absolute Gasteiger partial charge is 0.0671 e. The van der Waals surface area contributed by atoms with Crippen molar-refractivity contribution >= 4 is 0 Å². The van der Waals surface area contributed by atoms with Crippen molar-refractivity contribution in [3.05, 3.63) is 0 Å². The van der Waals surface area contributed by atoms with Gasteiger partial charge in [-0.1, -0.05) is 39.0 Å². The van der Waals surface area contributed by atoms with Gasteiger partial charge in [0.05, 0.1) is 6.10 Å². The average molecular weight is 259 g/mol. The lowest BCUT2D eigenvalue weighted by molar-refractivity contribution is 0.0627.